The molecule has 3 heterocycles. The maximum atomic E-state index is 2.61. The second kappa shape index (κ2) is 7.04. The molecule has 6 rings (SSSR count). The highest BCUT2D eigenvalue weighted by Crippen LogP contribution is 2.41. The molecule has 0 amide bonds. The summed E-state index contributed by atoms with van der Waals surface area (Å²) in [5.41, 5.74) is 8.19. The highest BCUT2D eigenvalue weighted by molar-refractivity contribution is 6.92. The number of hydrogen-bond acceptors (Lipinski definition) is 0. The largest absolute Gasteiger partial charge is 0.307 e. The molecule has 166 valence electrons. The maximum Gasteiger partial charge on any atom is 0.224 e. The van der Waals surface area contributed by atoms with Crippen molar-refractivity contribution in [3.8, 4) is 0 Å². The fourth-order valence-electron chi connectivity index (χ4n) is 6.59. The predicted molar refractivity (Wildman–Crippen MR) is 146 cm³/mol. The highest BCUT2D eigenvalue weighted by atomic mass is 28.3. The lowest BCUT2D eigenvalue weighted by atomic mass is 10.00. The van der Waals surface area contributed by atoms with Crippen molar-refractivity contribution in [3.05, 3.63) is 65.9 Å². The summed E-state index contributed by atoms with van der Waals surface area (Å²) in [6, 6.07) is 22.8. The van der Waals surface area contributed by atoms with Gasteiger partial charge in [-0.1, -0.05) is 80.5 Å². The van der Waals surface area contributed by atoms with E-state index in [2.05, 4.69) is 105 Å². The van der Waals surface area contributed by atoms with Crippen LogP contribution in [0, 0.1) is 13.8 Å². The molecule has 0 aliphatic heterocycles. The smallest absolute Gasteiger partial charge is 0.224 e. The minimum atomic E-state index is -1.53. The van der Waals surface area contributed by atoms with Gasteiger partial charge in [-0.2, -0.15) is 0 Å². The van der Waals surface area contributed by atoms with E-state index in [-0.39, 0.29) is 0 Å². The van der Waals surface area contributed by atoms with Crippen molar-refractivity contribution in [1.82, 2.24) is 4.40 Å². The van der Waals surface area contributed by atoms with Crippen LogP contribution in [0.15, 0.2) is 54.7 Å². The molecule has 3 heteroatoms. The Bertz CT molecular complexity index is 1690. The van der Waals surface area contributed by atoms with Crippen LogP contribution >= 0.6 is 0 Å². The first-order valence-electron chi connectivity index (χ1n) is 12.5. The highest BCUT2D eigenvalue weighted by Gasteiger charge is 2.32. The van der Waals surface area contributed by atoms with Crippen LogP contribution in [0.4, 0.5) is 0 Å². The minimum Gasteiger partial charge on any atom is -0.307 e. The van der Waals surface area contributed by atoms with Crippen LogP contribution < -0.4 is 9.75 Å². The Kier molecular flexibility index (Phi) is 4.41. The Morgan fingerprint density at radius 2 is 1.52 bits per heavy atom. The quantitative estimate of drug-likeness (QED) is 0.117. The molecule has 0 radical (unpaired) electrons. The van der Waals surface area contributed by atoms with Gasteiger partial charge in [0.1, 0.15) is 7.05 Å². The molecule has 3 aromatic carbocycles. The zero-order chi connectivity index (χ0) is 23.1. The molecule has 0 fully saturated rings. The summed E-state index contributed by atoms with van der Waals surface area (Å²) in [6.45, 7) is 11.8. The van der Waals surface area contributed by atoms with E-state index in [1.165, 1.54) is 78.3 Å². The van der Waals surface area contributed by atoms with Crippen molar-refractivity contribution < 1.29 is 4.57 Å². The van der Waals surface area contributed by atoms with E-state index in [9.17, 15) is 0 Å². The van der Waals surface area contributed by atoms with Crippen LogP contribution in [-0.4, -0.2) is 12.5 Å². The van der Waals surface area contributed by atoms with E-state index in [0.29, 0.717) is 0 Å². The van der Waals surface area contributed by atoms with Gasteiger partial charge in [0.15, 0.2) is 6.20 Å². The van der Waals surface area contributed by atoms with Crippen molar-refractivity contribution in [1.29, 1.82) is 0 Å². The summed E-state index contributed by atoms with van der Waals surface area (Å²) < 4.78 is 4.95. The van der Waals surface area contributed by atoms with E-state index < -0.39 is 8.07 Å². The number of aryl methyl sites for hydroxylation is 3. The van der Waals surface area contributed by atoms with Gasteiger partial charge in [-0.05, 0) is 36.4 Å². The van der Waals surface area contributed by atoms with Crippen LogP contribution in [-0.2, 0) is 7.05 Å². The first kappa shape index (κ1) is 20.7. The van der Waals surface area contributed by atoms with Gasteiger partial charge in [0.2, 0.25) is 5.52 Å². The van der Waals surface area contributed by atoms with Crippen molar-refractivity contribution in [2.45, 2.75) is 52.8 Å². The normalized spacial score (nSPS) is 12.9. The predicted octanol–water partition coefficient (Wildman–Crippen LogP) is 7.15. The number of benzene rings is 3. The van der Waals surface area contributed by atoms with E-state index in [1.807, 2.05) is 0 Å². The third kappa shape index (κ3) is 2.52. The molecule has 6 aromatic rings. The van der Waals surface area contributed by atoms with Crippen LogP contribution in [0.5, 0.6) is 0 Å². The molecule has 33 heavy (non-hydrogen) atoms. The van der Waals surface area contributed by atoms with Crippen LogP contribution in [0.25, 0.3) is 49.0 Å². The summed E-state index contributed by atoms with van der Waals surface area (Å²) in [4.78, 5) is 0. The Morgan fingerprint density at radius 3 is 2.24 bits per heavy atom. The first-order valence-corrected chi connectivity index (χ1v) is 15.1. The topological polar surface area (TPSA) is 8.29 Å². The molecular weight excluding hydrogens is 416 g/mol. The fraction of sp³-hybridized carbons (Fsp3) is 0.300. The van der Waals surface area contributed by atoms with Crippen molar-refractivity contribution >= 4 is 62.3 Å². The Balaban J connectivity index is 2.00. The maximum absolute atomic E-state index is 2.61. The number of rotatable bonds is 4. The zero-order valence-electron chi connectivity index (χ0n) is 20.7. The van der Waals surface area contributed by atoms with Crippen molar-refractivity contribution in [3.63, 3.8) is 0 Å². The molecular formula is C30H33N2Si+. The second-order valence-corrected chi connectivity index (χ2v) is 15.3. The van der Waals surface area contributed by atoms with Gasteiger partial charge in [0.25, 0.3) is 0 Å². The van der Waals surface area contributed by atoms with E-state index in [4.69, 9.17) is 0 Å². The lowest BCUT2D eigenvalue weighted by Crippen LogP contribution is -2.45. The lowest BCUT2D eigenvalue weighted by molar-refractivity contribution is -0.643. The monoisotopic (exact) mass is 449 g/mol. The number of aromatic nitrogens is 2. The molecule has 0 saturated heterocycles. The molecule has 0 unspecified atom stereocenters. The fourth-order valence-corrected chi connectivity index (χ4v) is 10.2. The van der Waals surface area contributed by atoms with Gasteiger partial charge in [-0.25, -0.2) is 4.57 Å². The number of para-hydroxylation sites is 1. The van der Waals surface area contributed by atoms with E-state index in [1.54, 1.807) is 5.19 Å². The van der Waals surface area contributed by atoms with Gasteiger partial charge in [0.05, 0.1) is 35.4 Å². The van der Waals surface area contributed by atoms with Crippen molar-refractivity contribution in [2.75, 3.05) is 0 Å². The Morgan fingerprint density at radius 1 is 0.788 bits per heavy atom. The van der Waals surface area contributed by atoms with Crippen molar-refractivity contribution in [2.24, 2.45) is 7.05 Å². The number of pyridine rings is 2. The first-order chi connectivity index (χ1) is 16.0. The molecule has 0 bridgehead atoms. The average Bonchev–Trinajstić information content (AvgIpc) is 3.17. The van der Waals surface area contributed by atoms with E-state index in [0.717, 1.165) is 0 Å². The van der Waals surface area contributed by atoms with Gasteiger partial charge >= 0.3 is 0 Å². The summed E-state index contributed by atoms with van der Waals surface area (Å²) in [5, 5.41) is 8.54. The molecule has 2 nitrogen and oxygen atoms in total. The third-order valence-corrected chi connectivity index (χ3v) is 14.3. The molecule has 3 aromatic heterocycles. The van der Waals surface area contributed by atoms with Crippen LogP contribution in [0.1, 0.15) is 31.9 Å². The minimum absolute atomic E-state index is 1.30. The van der Waals surface area contributed by atoms with Gasteiger partial charge < -0.3 is 4.40 Å². The molecule has 0 aliphatic carbocycles. The molecule has 0 atom stereocenters. The average molecular weight is 450 g/mol. The van der Waals surface area contributed by atoms with Gasteiger partial charge in [-0.15, -0.1) is 0 Å². The second-order valence-electron chi connectivity index (χ2n) is 10.0. The Hall–Kier alpha value is -2.91. The molecule has 0 spiro atoms. The van der Waals surface area contributed by atoms with E-state index >= 15 is 0 Å². The number of fused-ring (bicyclic) bond motifs is 5. The van der Waals surface area contributed by atoms with Gasteiger partial charge in [-0.3, -0.25) is 0 Å². The lowest BCUT2D eigenvalue weighted by Gasteiger charge is -2.29. The Labute approximate surface area is 196 Å². The summed E-state index contributed by atoms with van der Waals surface area (Å²) >= 11 is 0. The number of hydrogen-bond donors (Lipinski definition) is 0. The summed E-state index contributed by atoms with van der Waals surface area (Å²) in [6.07, 6.45) is 2.26. The molecule has 0 saturated carbocycles. The summed E-state index contributed by atoms with van der Waals surface area (Å²) in [7, 11) is 0.674. The molecule has 0 aliphatic rings. The van der Waals surface area contributed by atoms with Crippen LogP contribution in [0.2, 0.25) is 18.1 Å². The molecule has 0 N–H and O–H groups in total. The third-order valence-electron chi connectivity index (χ3n) is 8.70. The number of nitrogens with zero attached hydrogens (tertiary/aromatic N) is 2. The SMILES string of the molecule is CC[Si](CC)(CC)c1cc2cc[n+](C)c3c4c(C)ccc5c6cccc(C)c6n(c(c1)c23)c54. The van der Waals surface area contributed by atoms with Crippen LogP contribution in [0.3, 0.4) is 0 Å². The zero-order valence-corrected chi connectivity index (χ0v) is 21.7. The standard InChI is InChI=1S/C30H33N2Si/c1-7-33(8-2,9-3)22-17-21-15-16-31(6)30-26-19(4)13-14-24-23-12-10-11-20(5)28(23)32(29(24)26)25(18-22)27(21)30/h10-18H,7-9H2,1-6H3/q+1. The summed E-state index contributed by atoms with van der Waals surface area (Å²) in [5.74, 6) is 0. The van der Waals surface area contributed by atoms with Gasteiger partial charge in [0, 0.05) is 16.8 Å².